The highest BCUT2D eigenvalue weighted by Gasteiger charge is 2.36. The molecule has 3 rings (SSSR count). The van der Waals surface area contributed by atoms with Gasteiger partial charge in [-0.15, -0.1) is 0 Å². The fourth-order valence-electron chi connectivity index (χ4n) is 2.49. The summed E-state index contributed by atoms with van der Waals surface area (Å²) in [4.78, 5) is 18.0. The molecule has 1 amide bonds. The molecule has 1 aromatic rings. The van der Waals surface area contributed by atoms with E-state index in [1.807, 2.05) is 17.0 Å². The number of amides is 1. The summed E-state index contributed by atoms with van der Waals surface area (Å²) < 4.78 is 10.9. The Morgan fingerprint density at radius 2 is 2.42 bits per heavy atom. The van der Waals surface area contributed by atoms with Crippen LogP contribution in [0.15, 0.2) is 24.5 Å². The third-order valence-corrected chi connectivity index (χ3v) is 3.67. The van der Waals surface area contributed by atoms with Gasteiger partial charge in [0.1, 0.15) is 5.75 Å². The number of hydrogen-bond acceptors (Lipinski definition) is 4. The van der Waals surface area contributed by atoms with Crippen molar-refractivity contribution in [2.75, 3.05) is 32.9 Å². The van der Waals surface area contributed by atoms with Gasteiger partial charge in [-0.2, -0.15) is 0 Å². The van der Waals surface area contributed by atoms with Crippen molar-refractivity contribution in [2.45, 2.75) is 6.42 Å². The predicted octanol–water partition coefficient (Wildman–Crippen LogP) is 0.955. The van der Waals surface area contributed by atoms with E-state index in [1.165, 1.54) is 0 Å². The first-order valence-electron chi connectivity index (χ1n) is 6.72. The topological polar surface area (TPSA) is 51.7 Å². The van der Waals surface area contributed by atoms with E-state index < -0.39 is 0 Å². The maximum Gasteiger partial charge on any atom is 0.228 e. The smallest absolute Gasteiger partial charge is 0.228 e. The number of aromatic nitrogens is 1. The summed E-state index contributed by atoms with van der Waals surface area (Å²) in [6.45, 7) is 3.56. The first-order valence-corrected chi connectivity index (χ1v) is 6.72. The molecule has 0 bridgehead atoms. The second-order valence-corrected chi connectivity index (χ2v) is 5.17. The molecule has 5 heteroatoms. The van der Waals surface area contributed by atoms with Crippen molar-refractivity contribution < 1.29 is 14.3 Å². The summed E-state index contributed by atoms with van der Waals surface area (Å²) in [6.07, 6.45) is 4.30. The Morgan fingerprint density at radius 1 is 1.53 bits per heavy atom. The van der Waals surface area contributed by atoms with Gasteiger partial charge in [0.25, 0.3) is 0 Å². The SMILES string of the molecule is O=C(C1CCOC1)N1CC(COc2cccnc2)C1. The summed E-state index contributed by atoms with van der Waals surface area (Å²) in [7, 11) is 0. The van der Waals surface area contributed by atoms with E-state index in [0.717, 1.165) is 31.9 Å². The van der Waals surface area contributed by atoms with Crippen LogP contribution >= 0.6 is 0 Å². The normalized spacial score (nSPS) is 23.2. The highest BCUT2D eigenvalue weighted by molar-refractivity contribution is 5.80. The van der Waals surface area contributed by atoms with E-state index in [2.05, 4.69) is 4.98 Å². The van der Waals surface area contributed by atoms with Gasteiger partial charge in [0.2, 0.25) is 5.91 Å². The molecule has 0 aromatic carbocycles. The third-order valence-electron chi connectivity index (χ3n) is 3.67. The van der Waals surface area contributed by atoms with E-state index in [4.69, 9.17) is 9.47 Å². The molecule has 3 heterocycles. The van der Waals surface area contributed by atoms with Gasteiger partial charge in [-0.25, -0.2) is 0 Å². The molecule has 5 nitrogen and oxygen atoms in total. The van der Waals surface area contributed by atoms with Gasteiger partial charge in [-0.1, -0.05) is 0 Å². The number of nitrogens with zero attached hydrogens (tertiary/aromatic N) is 2. The number of carbonyl (C=O) groups is 1. The fraction of sp³-hybridized carbons (Fsp3) is 0.571. The van der Waals surface area contributed by atoms with Gasteiger partial charge in [0.05, 0.1) is 25.3 Å². The lowest BCUT2D eigenvalue weighted by molar-refractivity contribution is -0.142. The average molecular weight is 262 g/mol. The second-order valence-electron chi connectivity index (χ2n) is 5.17. The monoisotopic (exact) mass is 262 g/mol. The van der Waals surface area contributed by atoms with Gasteiger partial charge >= 0.3 is 0 Å². The van der Waals surface area contributed by atoms with Crippen molar-refractivity contribution in [1.82, 2.24) is 9.88 Å². The van der Waals surface area contributed by atoms with Gasteiger partial charge in [0.15, 0.2) is 0 Å². The summed E-state index contributed by atoms with van der Waals surface area (Å²) in [5.74, 6) is 1.55. The van der Waals surface area contributed by atoms with Crippen molar-refractivity contribution >= 4 is 5.91 Å². The Hall–Kier alpha value is -1.62. The molecule has 1 unspecified atom stereocenters. The molecule has 1 atom stereocenters. The van der Waals surface area contributed by atoms with Crippen LogP contribution in [0.3, 0.4) is 0 Å². The average Bonchev–Trinajstić information content (AvgIpc) is 2.91. The van der Waals surface area contributed by atoms with Crippen LogP contribution in [0, 0.1) is 11.8 Å². The molecule has 0 radical (unpaired) electrons. The van der Waals surface area contributed by atoms with Gasteiger partial charge in [-0.05, 0) is 18.6 Å². The van der Waals surface area contributed by atoms with Crippen LogP contribution in [0.25, 0.3) is 0 Å². The molecular weight excluding hydrogens is 244 g/mol. The van der Waals surface area contributed by atoms with Crippen LogP contribution in [0.1, 0.15) is 6.42 Å². The van der Waals surface area contributed by atoms with E-state index in [0.29, 0.717) is 19.1 Å². The Labute approximate surface area is 112 Å². The van der Waals surface area contributed by atoms with Gasteiger partial charge in [0, 0.05) is 31.8 Å². The standard InChI is InChI=1S/C14H18N2O3/c17-14(12-3-5-18-10-12)16-7-11(8-16)9-19-13-2-1-4-15-6-13/h1-2,4,6,11-12H,3,5,7-10H2. The van der Waals surface area contributed by atoms with E-state index in [-0.39, 0.29) is 11.8 Å². The molecule has 0 saturated carbocycles. The Bertz CT molecular complexity index is 426. The highest BCUT2D eigenvalue weighted by atomic mass is 16.5. The minimum absolute atomic E-state index is 0.0835. The third kappa shape index (κ3) is 2.87. The van der Waals surface area contributed by atoms with Gasteiger partial charge in [-0.3, -0.25) is 9.78 Å². The number of carbonyl (C=O) groups excluding carboxylic acids is 1. The summed E-state index contributed by atoms with van der Waals surface area (Å²) in [5, 5.41) is 0. The summed E-state index contributed by atoms with van der Waals surface area (Å²) in [6, 6.07) is 3.75. The van der Waals surface area contributed by atoms with Crippen molar-refractivity contribution in [2.24, 2.45) is 11.8 Å². The molecule has 19 heavy (non-hydrogen) atoms. The molecule has 0 aliphatic carbocycles. The highest BCUT2D eigenvalue weighted by Crippen LogP contribution is 2.23. The Kier molecular flexibility index (Phi) is 3.64. The Morgan fingerprint density at radius 3 is 3.11 bits per heavy atom. The zero-order chi connectivity index (χ0) is 13.1. The molecule has 2 aliphatic heterocycles. The number of ether oxygens (including phenoxy) is 2. The minimum Gasteiger partial charge on any atom is -0.492 e. The van der Waals surface area contributed by atoms with Crippen LogP contribution in [-0.2, 0) is 9.53 Å². The molecule has 2 saturated heterocycles. The molecule has 102 valence electrons. The second kappa shape index (κ2) is 5.57. The van der Waals surface area contributed by atoms with Crippen molar-refractivity contribution in [3.8, 4) is 5.75 Å². The number of likely N-dealkylation sites (tertiary alicyclic amines) is 1. The lowest BCUT2D eigenvalue weighted by Gasteiger charge is -2.40. The van der Waals surface area contributed by atoms with Crippen LogP contribution in [0.4, 0.5) is 0 Å². The van der Waals surface area contributed by atoms with Crippen molar-refractivity contribution in [3.05, 3.63) is 24.5 Å². The molecule has 1 aromatic heterocycles. The van der Waals surface area contributed by atoms with E-state index in [1.54, 1.807) is 12.4 Å². The molecule has 2 fully saturated rings. The first-order chi connectivity index (χ1) is 9.33. The van der Waals surface area contributed by atoms with Crippen molar-refractivity contribution in [3.63, 3.8) is 0 Å². The molecular formula is C14H18N2O3. The lowest BCUT2D eigenvalue weighted by Crippen LogP contribution is -2.54. The first kappa shape index (κ1) is 12.4. The van der Waals surface area contributed by atoms with E-state index >= 15 is 0 Å². The maximum atomic E-state index is 12.0. The van der Waals surface area contributed by atoms with Crippen molar-refractivity contribution in [1.29, 1.82) is 0 Å². The largest absolute Gasteiger partial charge is 0.492 e. The molecule has 2 aliphatic rings. The van der Waals surface area contributed by atoms with Crippen LogP contribution < -0.4 is 4.74 Å². The number of rotatable bonds is 4. The van der Waals surface area contributed by atoms with Crippen LogP contribution in [0.2, 0.25) is 0 Å². The predicted molar refractivity (Wildman–Crippen MR) is 68.7 cm³/mol. The zero-order valence-electron chi connectivity index (χ0n) is 10.8. The fourth-order valence-corrected chi connectivity index (χ4v) is 2.49. The zero-order valence-corrected chi connectivity index (χ0v) is 10.8. The number of pyridine rings is 1. The molecule has 0 N–H and O–H groups in total. The Balaban J connectivity index is 1.39. The number of hydrogen-bond donors (Lipinski definition) is 0. The summed E-state index contributed by atoms with van der Waals surface area (Å²) in [5.41, 5.74) is 0. The van der Waals surface area contributed by atoms with Crippen LogP contribution in [0.5, 0.6) is 5.75 Å². The summed E-state index contributed by atoms with van der Waals surface area (Å²) >= 11 is 0. The van der Waals surface area contributed by atoms with E-state index in [9.17, 15) is 4.79 Å². The minimum atomic E-state index is 0.0835. The maximum absolute atomic E-state index is 12.0. The molecule has 0 spiro atoms. The van der Waals surface area contributed by atoms with Crippen LogP contribution in [-0.4, -0.2) is 48.7 Å². The lowest BCUT2D eigenvalue weighted by atomic mass is 9.97. The quantitative estimate of drug-likeness (QED) is 0.811. The van der Waals surface area contributed by atoms with Gasteiger partial charge < -0.3 is 14.4 Å².